The molecule has 7 nitrogen and oxygen atoms in total. The van der Waals surface area contributed by atoms with E-state index in [0.717, 1.165) is 27.6 Å². The van der Waals surface area contributed by atoms with Crippen LogP contribution < -0.4 is 5.32 Å². The Balaban J connectivity index is 1.46. The molecular formula is C26H24N2O5. The van der Waals surface area contributed by atoms with Crippen molar-refractivity contribution in [1.82, 2.24) is 4.57 Å². The highest BCUT2D eigenvalue weighted by molar-refractivity contribution is 6.00. The Bertz CT molecular complexity index is 1310. The number of benzene rings is 3. The number of aromatic carboxylic acids is 1. The molecule has 0 unspecified atom stereocenters. The zero-order valence-electron chi connectivity index (χ0n) is 18.1. The molecule has 1 heterocycles. The van der Waals surface area contributed by atoms with E-state index in [4.69, 9.17) is 4.74 Å². The second-order valence-electron chi connectivity index (χ2n) is 7.76. The number of fused-ring (bicyclic) bond motifs is 1. The van der Waals surface area contributed by atoms with Gasteiger partial charge in [0.2, 0.25) is 5.91 Å². The SMILES string of the molecule is Cc1ccc(NC(=O)COCCn2cc(-c3ccccc3)c3ccc(C(=O)O)cc32)c(O)c1. The van der Waals surface area contributed by atoms with Crippen LogP contribution in [0, 0.1) is 6.92 Å². The number of phenols is 1. The molecule has 0 saturated heterocycles. The van der Waals surface area contributed by atoms with Crippen molar-refractivity contribution in [3.63, 3.8) is 0 Å². The minimum Gasteiger partial charge on any atom is -0.506 e. The van der Waals surface area contributed by atoms with E-state index < -0.39 is 5.97 Å². The smallest absolute Gasteiger partial charge is 0.335 e. The van der Waals surface area contributed by atoms with Crippen molar-refractivity contribution in [1.29, 1.82) is 0 Å². The molecule has 0 bridgehead atoms. The second kappa shape index (κ2) is 9.58. The van der Waals surface area contributed by atoms with E-state index in [1.165, 1.54) is 0 Å². The molecule has 0 fully saturated rings. The normalized spacial score (nSPS) is 10.9. The number of carboxylic acids is 1. The Morgan fingerprint density at radius 1 is 1.03 bits per heavy atom. The van der Waals surface area contributed by atoms with Crippen LogP contribution in [0.15, 0.2) is 72.9 Å². The molecule has 4 aromatic rings. The lowest BCUT2D eigenvalue weighted by molar-refractivity contribution is -0.120. The van der Waals surface area contributed by atoms with E-state index in [9.17, 15) is 19.8 Å². The first kappa shape index (κ1) is 22.1. The molecule has 168 valence electrons. The van der Waals surface area contributed by atoms with Crippen LogP contribution in [-0.2, 0) is 16.1 Å². The van der Waals surface area contributed by atoms with Crippen molar-refractivity contribution >= 4 is 28.5 Å². The summed E-state index contributed by atoms with van der Waals surface area (Å²) in [6.45, 7) is 2.37. The maximum atomic E-state index is 12.2. The number of aromatic hydroxyl groups is 1. The summed E-state index contributed by atoms with van der Waals surface area (Å²) in [4.78, 5) is 23.6. The lowest BCUT2D eigenvalue weighted by Gasteiger charge is -2.09. The highest BCUT2D eigenvalue weighted by Crippen LogP contribution is 2.31. The van der Waals surface area contributed by atoms with Gasteiger partial charge in [-0.3, -0.25) is 4.79 Å². The van der Waals surface area contributed by atoms with E-state index in [1.807, 2.05) is 54.1 Å². The number of hydrogen-bond acceptors (Lipinski definition) is 4. The fourth-order valence-corrected chi connectivity index (χ4v) is 3.72. The van der Waals surface area contributed by atoms with Crippen molar-refractivity contribution in [3.8, 4) is 16.9 Å². The Morgan fingerprint density at radius 3 is 2.55 bits per heavy atom. The minimum atomic E-state index is -0.988. The highest BCUT2D eigenvalue weighted by Gasteiger charge is 2.13. The van der Waals surface area contributed by atoms with Gasteiger partial charge in [0.25, 0.3) is 0 Å². The third-order valence-electron chi connectivity index (χ3n) is 5.35. The number of carbonyl (C=O) groups excluding carboxylic acids is 1. The fraction of sp³-hybridized carbons (Fsp3) is 0.154. The van der Waals surface area contributed by atoms with Crippen molar-refractivity contribution in [3.05, 3.63) is 84.1 Å². The molecule has 0 aliphatic carbocycles. The van der Waals surface area contributed by atoms with Gasteiger partial charge in [-0.1, -0.05) is 42.5 Å². The molecule has 7 heteroatoms. The average Bonchev–Trinajstić information content (AvgIpc) is 3.17. The standard InChI is InChI=1S/C26H24N2O5/c1-17-7-10-22(24(29)13-17)27-25(30)16-33-12-11-28-15-21(18-5-3-2-4-6-18)20-9-8-19(26(31)32)14-23(20)28/h2-10,13-15,29H,11-12,16H2,1H3,(H,27,30)(H,31,32). The summed E-state index contributed by atoms with van der Waals surface area (Å²) in [5.74, 6) is -1.35. The van der Waals surface area contributed by atoms with Gasteiger partial charge < -0.3 is 24.8 Å². The van der Waals surface area contributed by atoms with Gasteiger partial charge in [0, 0.05) is 29.2 Å². The number of hydrogen-bond donors (Lipinski definition) is 3. The summed E-state index contributed by atoms with van der Waals surface area (Å²) < 4.78 is 7.48. The Morgan fingerprint density at radius 2 is 1.82 bits per heavy atom. The number of nitrogens with zero attached hydrogens (tertiary/aromatic N) is 1. The Kier molecular flexibility index (Phi) is 6.42. The summed E-state index contributed by atoms with van der Waals surface area (Å²) in [6.07, 6.45) is 1.97. The van der Waals surface area contributed by atoms with Crippen LogP contribution in [0.3, 0.4) is 0 Å². The number of phenolic OH excluding ortho intramolecular Hbond substituents is 1. The van der Waals surface area contributed by atoms with Crippen molar-refractivity contribution in [2.24, 2.45) is 0 Å². The summed E-state index contributed by atoms with van der Waals surface area (Å²) in [7, 11) is 0. The predicted octanol–water partition coefficient (Wildman–Crippen LogP) is 4.68. The molecule has 0 saturated carbocycles. The van der Waals surface area contributed by atoms with Gasteiger partial charge in [0.1, 0.15) is 12.4 Å². The zero-order chi connectivity index (χ0) is 23.4. The molecular weight excluding hydrogens is 420 g/mol. The summed E-state index contributed by atoms with van der Waals surface area (Å²) >= 11 is 0. The minimum absolute atomic E-state index is 0.00448. The van der Waals surface area contributed by atoms with Gasteiger partial charge in [-0.05, 0) is 42.3 Å². The molecule has 0 aliphatic heterocycles. The van der Waals surface area contributed by atoms with Gasteiger partial charge in [0.15, 0.2) is 0 Å². The molecule has 33 heavy (non-hydrogen) atoms. The van der Waals surface area contributed by atoms with E-state index in [1.54, 1.807) is 30.3 Å². The molecule has 3 N–H and O–H groups in total. The quantitative estimate of drug-likeness (QED) is 0.271. The Hall–Kier alpha value is -4.10. The van der Waals surface area contributed by atoms with Crippen LogP contribution in [0.2, 0.25) is 0 Å². The zero-order valence-corrected chi connectivity index (χ0v) is 18.1. The molecule has 0 spiro atoms. The maximum absolute atomic E-state index is 12.2. The summed E-state index contributed by atoms with van der Waals surface area (Å²) in [5.41, 5.74) is 4.24. The van der Waals surface area contributed by atoms with Gasteiger partial charge in [0.05, 0.1) is 17.9 Å². The monoisotopic (exact) mass is 444 g/mol. The summed E-state index contributed by atoms with van der Waals surface area (Å²) in [6, 6.07) is 19.9. The van der Waals surface area contributed by atoms with Gasteiger partial charge >= 0.3 is 5.97 Å². The van der Waals surface area contributed by atoms with Crippen LogP contribution in [0.4, 0.5) is 5.69 Å². The lowest BCUT2D eigenvalue weighted by Crippen LogP contribution is -2.19. The average molecular weight is 444 g/mol. The van der Waals surface area contributed by atoms with E-state index in [-0.39, 0.29) is 30.4 Å². The van der Waals surface area contributed by atoms with Crippen LogP contribution in [0.25, 0.3) is 22.0 Å². The third-order valence-corrected chi connectivity index (χ3v) is 5.35. The van der Waals surface area contributed by atoms with Gasteiger partial charge in [-0.25, -0.2) is 4.79 Å². The number of carbonyl (C=O) groups is 2. The first-order valence-electron chi connectivity index (χ1n) is 10.5. The van der Waals surface area contributed by atoms with Crippen LogP contribution in [0.1, 0.15) is 15.9 Å². The molecule has 4 rings (SSSR count). The van der Waals surface area contributed by atoms with E-state index in [2.05, 4.69) is 5.32 Å². The van der Waals surface area contributed by atoms with Crippen molar-refractivity contribution in [2.45, 2.75) is 13.5 Å². The number of carboxylic acid groups (broad SMARTS) is 1. The predicted molar refractivity (Wildman–Crippen MR) is 127 cm³/mol. The molecule has 1 aromatic heterocycles. The number of ether oxygens (including phenoxy) is 1. The number of rotatable bonds is 8. The molecule has 0 aliphatic rings. The molecule has 0 radical (unpaired) electrons. The van der Waals surface area contributed by atoms with Crippen LogP contribution in [0.5, 0.6) is 5.75 Å². The van der Waals surface area contributed by atoms with Crippen LogP contribution in [-0.4, -0.2) is 39.9 Å². The summed E-state index contributed by atoms with van der Waals surface area (Å²) in [5, 5.41) is 22.9. The first-order valence-corrected chi connectivity index (χ1v) is 10.5. The fourth-order valence-electron chi connectivity index (χ4n) is 3.72. The topological polar surface area (TPSA) is 101 Å². The van der Waals surface area contributed by atoms with E-state index in [0.29, 0.717) is 12.2 Å². The van der Waals surface area contributed by atoms with Crippen LogP contribution >= 0.6 is 0 Å². The Labute approximate surface area is 190 Å². The van der Waals surface area contributed by atoms with Gasteiger partial charge in [-0.2, -0.15) is 0 Å². The number of nitrogens with one attached hydrogen (secondary N) is 1. The maximum Gasteiger partial charge on any atom is 0.335 e. The molecule has 1 amide bonds. The third kappa shape index (κ3) is 5.05. The van der Waals surface area contributed by atoms with E-state index >= 15 is 0 Å². The van der Waals surface area contributed by atoms with Gasteiger partial charge in [-0.15, -0.1) is 0 Å². The molecule has 3 aromatic carbocycles. The number of amides is 1. The first-order chi connectivity index (χ1) is 15.9. The lowest BCUT2D eigenvalue weighted by atomic mass is 10.0. The number of aryl methyl sites for hydroxylation is 1. The number of aromatic nitrogens is 1. The van der Waals surface area contributed by atoms with Crippen molar-refractivity contribution in [2.75, 3.05) is 18.5 Å². The largest absolute Gasteiger partial charge is 0.506 e. The molecule has 0 atom stereocenters. The second-order valence-corrected chi connectivity index (χ2v) is 7.76. The highest BCUT2D eigenvalue weighted by atomic mass is 16.5. The van der Waals surface area contributed by atoms with Crippen molar-refractivity contribution < 1.29 is 24.5 Å². The number of anilines is 1.